The molecule has 1 atom stereocenters. The first kappa shape index (κ1) is 16.9. The van der Waals surface area contributed by atoms with Crippen molar-refractivity contribution in [3.05, 3.63) is 45.1 Å². The number of carbonyl (C=O) groups excluding carboxylic acids is 1. The Morgan fingerprint density at radius 3 is 2.96 bits per heavy atom. The van der Waals surface area contributed by atoms with Crippen molar-refractivity contribution >= 4 is 34.5 Å². The summed E-state index contributed by atoms with van der Waals surface area (Å²) in [5.74, 6) is 1.32. The number of anilines is 1. The van der Waals surface area contributed by atoms with Crippen LogP contribution in [-0.4, -0.2) is 31.0 Å². The van der Waals surface area contributed by atoms with Crippen molar-refractivity contribution in [3.63, 3.8) is 0 Å². The fourth-order valence-corrected chi connectivity index (χ4v) is 4.84. The van der Waals surface area contributed by atoms with Crippen molar-refractivity contribution in [2.45, 2.75) is 25.3 Å². The lowest BCUT2D eigenvalue weighted by Gasteiger charge is -2.35. The zero-order valence-corrected chi connectivity index (χ0v) is 15.7. The topological polar surface area (TPSA) is 41.6 Å². The van der Waals surface area contributed by atoms with Gasteiger partial charge in [0.2, 0.25) is 5.91 Å². The predicted molar refractivity (Wildman–Crippen MR) is 102 cm³/mol. The summed E-state index contributed by atoms with van der Waals surface area (Å²) in [5.41, 5.74) is 2.14. The predicted octanol–water partition coefficient (Wildman–Crippen LogP) is 4.36. The molecular weight excluding hydrogens is 356 g/mol. The Morgan fingerprint density at radius 2 is 2.24 bits per heavy atom. The van der Waals surface area contributed by atoms with E-state index in [4.69, 9.17) is 16.3 Å². The van der Waals surface area contributed by atoms with E-state index in [0.29, 0.717) is 35.0 Å². The van der Waals surface area contributed by atoms with Gasteiger partial charge in [0.1, 0.15) is 5.75 Å². The minimum Gasteiger partial charge on any atom is -0.495 e. The van der Waals surface area contributed by atoms with Crippen LogP contribution in [0.15, 0.2) is 29.6 Å². The summed E-state index contributed by atoms with van der Waals surface area (Å²) in [5, 5.41) is 5.64. The number of thiophene rings is 1. The van der Waals surface area contributed by atoms with Gasteiger partial charge in [-0.2, -0.15) is 0 Å². The van der Waals surface area contributed by atoms with Crippen LogP contribution in [0.3, 0.4) is 0 Å². The third-order valence-corrected chi connectivity index (χ3v) is 6.26. The number of halogens is 1. The number of amides is 1. The molecule has 1 amide bonds. The average molecular weight is 377 g/mol. The molecule has 1 aliphatic heterocycles. The standard InChI is InChI=1S/C19H21ClN2O2S/c1-24-16-5-4-13(10-15(16)20)21-18(23)11-22-8-6-17-14(7-9-25-17)19(22)12-2-3-12/h4-5,7,9-10,12,19H,2-3,6,8,11H2,1H3,(H,21,23)/t19-/m1/s1. The van der Waals surface area contributed by atoms with Crippen molar-refractivity contribution in [1.82, 2.24) is 4.90 Å². The van der Waals surface area contributed by atoms with Gasteiger partial charge in [-0.3, -0.25) is 9.69 Å². The van der Waals surface area contributed by atoms with Crippen LogP contribution in [0.1, 0.15) is 29.3 Å². The second-order valence-corrected chi connectivity index (χ2v) is 8.11. The Labute approximate surface area is 156 Å². The molecule has 2 heterocycles. The van der Waals surface area contributed by atoms with Gasteiger partial charge in [-0.15, -0.1) is 11.3 Å². The highest BCUT2D eigenvalue weighted by Gasteiger charge is 2.40. The number of methoxy groups -OCH3 is 1. The second kappa shape index (κ2) is 6.98. The highest BCUT2D eigenvalue weighted by atomic mass is 35.5. The minimum atomic E-state index is 0.00515. The van der Waals surface area contributed by atoms with Gasteiger partial charge in [0.15, 0.2) is 0 Å². The molecule has 0 saturated heterocycles. The van der Waals surface area contributed by atoms with E-state index in [-0.39, 0.29) is 5.91 Å². The first-order valence-corrected chi connectivity index (χ1v) is 9.85. The van der Waals surface area contributed by atoms with Crippen molar-refractivity contribution in [1.29, 1.82) is 0 Å². The zero-order valence-electron chi connectivity index (χ0n) is 14.1. The van der Waals surface area contributed by atoms with Crippen molar-refractivity contribution in [3.8, 4) is 5.75 Å². The van der Waals surface area contributed by atoms with Gasteiger partial charge >= 0.3 is 0 Å². The fraction of sp³-hybridized carbons (Fsp3) is 0.421. The molecule has 6 heteroatoms. The molecule has 4 nitrogen and oxygen atoms in total. The molecule has 0 radical (unpaired) electrons. The van der Waals surface area contributed by atoms with E-state index in [2.05, 4.69) is 21.7 Å². The van der Waals surface area contributed by atoms with Crippen molar-refractivity contribution in [2.24, 2.45) is 5.92 Å². The number of ether oxygens (including phenoxy) is 1. The first-order chi connectivity index (χ1) is 12.2. The van der Waals surface area contributed by atoms with Gasteiger partial charge in [-0.1, -0.05) is 11.6 Å². The lowest BCUT2D eigenvalue weighted by molar-refractivity contribution is -0.118. The first-order valence-electron chi connectivity index (χ1n) is 8.59. The van der Waals surface area contributed by atoms with Gasteiger partial charge < -0.3 is 10.1 Å². The number of hydrogen-bond acceptors (Lipinski definition) is 4. The van der Waals surface area contributed by atoms with E-state index in [1.54, 1.807) is 19.2 Å². The SMILES string of the molecule is COc1ccc(NC(=O)CN2CCc3sccc3[C@H]2C2CC2)cc1Cl. The number of carbonyl (C=O) groups is 1. The lowest BCUT2D eigenvalue weighted by Crippen LogP contribution is -2.41. The number of benzene rings is 1. The van der Waals surface area contributed by atoms with Crippen LogP contribution < -0.4 is 10.1 Å². The molecule has 1 aromatic carbocycles. The monoisotopic (exact) mass is 376 g/mol. The number of nitrogens with one attached hydrogen (secondary N) is 1. The molecule has 1 aliphatic carbocycles. The number of fused-ring (bicyclic) bond motifs is 1. The maximum absolute atomic E-state index is 12.6. The lowest BCUT2D eigenvalue weighted by atomic mass is 9.96. The summed E-state index contributed by atoms with van der Waals surface area (Å²) in [4.78, 5) is 16.4. The van der Waals surface area contributed by atoms with E-state index < -0.39 is 0 Å². The highest BCUT2D eigenvalue weighted by molar-refractivity contribution is 7.10. The summed E-state index contributed by atoms with van der Waals surface area (Å²) in [6, 6.07) is 7.96. The summed E-state index contributed by atoms with van der Waals surface area (Å²) in [6.45, 7) is 1.37. The van der Waals surface area contributed by atoms with Crippen LogP contribution in [-0.2, 0) is 11.2 Å². The van der Waals surface area contributed by atoms with Crippen LogP contribution in [0.25, 0.3) is 0 Å². The Morgan fingerprint density at radius 1 is 1.40 bits per heavy atom. The fourth-order valence-electron chi connectivity index (χ4n) is 3.67. The second-order valence-electron chi connectivity index (χ2n) is 6.70. The molecule has 132 valence electrons. The Balaban J connectivity index is 1.44. The van der Waals surface area contributed by atoms with Gasteiger partial charge in [0.05, 0.1) is 18.7 Å². The van der Waals surface area contributed by atoms with Crippen LogP contribution in [0.5, 0.6) is 5.75 Å². The van der Waals surface area contributed by atoms with Gasteiger partial charge in [-0.25, -0.2) is 0 Å². The van der Waals surface area contributed by atoms with Crippen molar-refractivity contribution < 1.29 is 9.53 Å². The van der Waals surface area contributed by atoms with Gasteiger partial charge in [0.25, 0.3) is 0 Å². The summed E-state index contributed by atoms with van der Waals surface area (Å²) in [6.07, 6.45) is 3.58. The van der Waals surface area contributed by atoms with Crippen LogP contribution in [0.2, 0.25) is 5.02 Å². The Hall–Kier alpha value is -1.56. The van der Waals surface area contributed by atoms with E-state index in [0.717, 1.165) is 13.0 Å². The van der Waals surface area contributed by atoms with Crippen LogP contribution in [0, 0.1) is 5.92 Å². The Bertz CT molecular complexity index is 787. The summed E-state index contributed by atoms with van der Waals surface area (Å²) >= 11 is 7.99. The molecule has 0 bridgehead atoms. The van der Waals surface area contributed by atoms with Crippen LogP contribution >= 0.6 is 22.9 Å². The van der Waals surface area contributed by atoms with E-state index in [9.17, 15) is 4.79 Å². The van der Waals surface area contributed by atoms with E-state index in [1.165, 1.54) is 23.3 Å². The molecule has 0 spiro atoms. The number of hydrogen-bond donors (Lipinski definition) is 1. The normalized spacial score (nSPS) is 20.2. The average Bonchev–Trinajstić information content (AvgIpc) is 3.31. The molecule has 2 aliphatic rings. The van der Waals surface area contributed by atoms with E-state index in [1.807, 2.05) is 17.4 Å². The largest absolute Gasteiger partial charge is 0.495 e. The molecular formula is C19H21ClN2O2S. The summed E-state index contributed by atoms with van der Waals surface area (Å²) < 4.78 is 5.15. The molecule has 2 aromatic rings. The maximum Gasteiger partial charge on any atom is 0.238 e. The molecule has 1 fully saturated rings. The Kier molecular flexibility index (Phi) is 4.71. The molecule has 1 aromatic heterocycles. The smallest absolute Gasteiger partial charge is 0.238 e. The molecule has 4 rings (SSSR count). The third kappa shape index (κ3) is 3.54. The highest BCUT2D eigenvalue weighted by Crippen LogP contribution is 2.48. The van der Waals surface area contributed by atoms with Crippen molar-refractivity contribution in [2.75, 3.05) is 25.5 Å². The quantitative estimate of drug-likeness (QED) is 0.843. The molecule has 25 heavy (non-hydrogen) atoms. The summed E-state index contributed by atoms with van der Waals surface area (Å²) in [7, 11) is 1.58. The van der Waals surface area contributed by atoms with Gasteiger partial charge in [0, 0.05) is 23.2 Å². The zero-order chi connectivity index (χ0) is 17.4. The van der Waals surface area contributed by atoms with E-state index >= 15 is 0 Å². The molecule has 1 saturated carbocycles. The molecule has 0 unspecified atom stereocenters. The van der Waals surface area contributed by atoms with Gasteiger partial charge in [-0.05, 0) is 60.4 Å². The van der Waals surface area contributed by atoms with Crippen LogP contribution in [0.4, 0.5) is 5.69 Å². The maximum atomic E-state index is 12.6. The third-order valence-electron chi connectivity index (χ3n) is 4.97. The molecule has 1 N–H and O–H groups in total. The number of nitrogens with zero attached hydrogens (tertiary/aromatic N) is 1. The minimum absolute atomic E-state index is 0.00515. The number of rotatable bonds is 5.